The maximum atomic E-state index is 12.5. The van der Waals surface area contributed by atoms with Crippen LogP contribution in [0.5, 0.6) is 0 Å². The molecule has 6 heteroatoms. The van der Waals surface area contributed by atoms with E-state index in [1.54, 1.807) is 0 Å². The second-order valence-corrected chi connectivity index (χ2v) is 9.40. The number of aryl methyl sites for hydroxylation is 4. The van der Waals surface area contributed by atoms with Crippen LogP contribution in [0.4, 0.5) is 11.4 Å². The van der Waals surface area contributed by atoms with Crippen molar-refractivity contribution in [1.29, 1.82) is 0 Å². The van der Waals surface area contributed by atoms with Crippen molar-refractivity contribution >= 4 is 27.3 Å². The van der Waals surface area contributed by atoms with Crippen molar-refractivity contribution in [1.82, 2.24) is 0 Å². The third kappa shape index (κ3) is 6.32. The summed E-state index contributed by atoms with van der Waals surface area (Å²) in [7, 11) is -3.43. The number of hydrogen-bond donors (Lipinski definition) is 1. The number of carbonyl (C=O) groups is 1. The van der Waals surface area contributed by atoms with Crippen LogP contribution < -0.4 is 9.62 Å². The van der Waals surface area contributed by atoms with E-state index in [2.05, 4.69) is 19.2 Å². The first-order valence-electron chi connectivity index (χ1n) is 10.1. The van der Waals surface area contributed by atoms with E-state index in [4.69, 9.17) is 0 Å². The van der Waals surface area contributed by atoms with Gasteiger partial charge in [0, 0.05) is 18.7 Å². The Labute approximate surface area is 175 Å². The molecule has 1 N–H and O–H groups in total. The van der Waals surface area contributed by atoms with Gasteiger partial charge in [-0.3, -0.25) is 9.10 Å². The zero-order valence-corrected chi connectivity index (χ0v) is 18.9. The number of nitrogens with one attached hydrogen (secondary N) is 1. The average Bonchev–Trinajstić information content (AvgIpc) is 2.63. The fourth-order valence-corrected chi connectivity index (χ4v) is 4.52. The highest BCUT2D eigenvalue weighted by Gasteiger charge is 2.18. The lowest BCUT2D eigenvalue weighted by atomic mass is 10.0. The first kappa shape index (κ1) is 22.9. The number of carbonyl (C=O) groups excluding carboxylic acids is 1. The molecule has 0 atom stereocenters. The van der Waals surface area contributed by atoms with Gasteiger partial charge in [0.05, 0.1) is 11.9 Å². The Hall–Kier alpha value is -2.34. The van der Waals surface area contributed by atoms with E-state index in [1.165, 1.54) is 10.6 Å². The van der Waals surface area contributed by atoms with E-state index in [0.29, 0.717) is 12.1 Å². The molecular weight excluding hydrogens is 384 g/mol. The Morgan fingerprint density at radius 2 is 1.55 bits per heavy atom. The summed E-state index contributed by atoms with van der Waals surface area (Å²) in [6, 6.07) is 11.8. The summed E-state index contributed by atoms with van der Waals surface area (Å²) < 4.78 is 26.0. The summed E-state index contributed by atoms with van der Waals surface area (Å²) in [5.74, 6) is -0.0885. The Balaban J connectivity index is 2.08. The third-order valence-electron chi connectivity index (χ3n) is 4.92. The SMILES string of the molecule is CCc1cccc(CC)c1NC(=O)CCCN(c1cc(C)cc(C)c1)S(C)(=O)=O. The largest absolute Gasteiger partial charge is 0.326 e. The number of para-hydroxylation sites is 1. The van der Waals surface area contributed by atoms with E-state index in [1.807, 2.05) is 50.2 Å². The van der Waals surface area contributed by atoms with Gasteiger partial charge in [-0.15, -0.1) is 0 Å². The van der Waals surface area contributed by atoms with Gasteiger partial charge < -0.3 is 5.32 Å². The second-order valence-electron chi connectivity index (χ2n) is 7.49. The summed E-state index contributed by atoms with van der Waals surface area (Å²) in [5, 5.41) is 3.04. The molecular formula is C23H32N2O3S. The number of anilines is 2. The van der Waals surface area contributed by atoms with Gasteiger partial charge in [0.25, 0.3) is 0 Å². The molecule has 1 amide bonds. The molecule has 0 aromatic heterocycles. The zero-order valence-electron chi connectivity index (χ0n) is 18.1. The molecule has 0 aliphatic rings. The molecule has 2 aromatic carbocycles. The highest BCUT2D eigenvalue weighted by Crippen LogP contribution is 2.24. The topological polar surface area (TPSA) is 66.5 Å². The lowest BCUT2D eigenvalue weighted by Gasteiger charge is -2.23. The third-order valence-corrected chi connectivity index (χ3v) is 6.12. The lowest BCUT2D eigenvalue weighted by Crippen LogP contribution is -2.31. The molecule has 0 aliphatic carbocycles. The second kappa shape index (κ2) is 9.92. The normalized spacial score (nSPS) is 11.3. The van der Waals surface area contributed by atoms with Crippen molar-refractivity contribution in [3.05, 3.63) is 58.7 Å². The van der Waals surface area contributed by atoms with Crippen LogP contribution >= 0.6 is 0 Å². The minimum absolute atomic E-state index is 0.0885. The van der Waals surface area contributed by atoms with Crippen molar-refractivity contribution in [2.45, 2.75) is 53.4 Å². The quantitative estimate of drug-likeness (QED) is 0.649. The number of sulfonamides is 1. The van der Waals surface area contributed by atoms with E-state index in [9.17, 15) is 13.2 Å². The van der Waals surface area contributed by atoms with Crippen LogP contribution in [0.15, 0.2) is 36.4 Å². The Morgan fingerprint density at radius 3 is 2.03 bits per heavy atom. The number of nitrogens with zero attached hydrogens (tertiary/aromatic N) is 1. The van der Waals surface area contributed by atoms with Crippen LogP contribution in [-0.4, -0.2) is 27.1 Å². The molecule has 5 nitrogen and oxygen atoms in total. The van der Waals surface area contributed by atoms with Crippen molar-refractivity contribution in [2.75, 3.05) is 22.4 Å². The molecule has 0 radical (unpaired) electrons. The van der Waals surface area contributed by atoms with Crippen molar-refractivity contribution in [2.24, 2.45) is 0 Å². The molecule has 2 aromatic rings. The molecule has 29 heavy (non-hydrogen) atoms. The molecule has 0 heterocycles. The van der Waals surface area contributed by atoms with Crippen molar-refractivity contribution in [3.8, 4) is 0 Å². The predicted molar refractivity (Wildman–Crippen MR) is 121 cm³/mol. The van der Waals surface area contributed by atoms with E-state index < -0.39 is 10.0 Å². The van der Waals surface area contributed by atoms with Gasteiger partial charge in [-0.1, -0.05) is 38.1 Å². The van der Waals surface area contributed by atoms with Crippen LogP contribution in [0.25, 0.3) is 0 Å². The molecule has 0 saturated heterocycles. The number of rotatable bonds is 9. The monoisotopic (exact) mass is 416 g/mol. The maximum absolute atomic E-state index is 12.5. The van der Waals surface area contributed by atoms with Crippen LogP contribution in [0, 0.1) is 13.8 Å². The van der Waals surface area contributed by atoms with Gasteiger partial charge in [-0.25, -0.2) is 8.42 Å². The first-order valence-corrected chi connectivity index (χ1v) is 12.0. The van der Waals surface area contributed by atoms with E-state index >= 15 is 0 Å². The Kier molecular flexibility index (Phi) is 7.85. The number of benzene rings is 2. The minimum Gasteiger partial charge on any atom is -0.326 e. The zero-order chi connectivity index (χ0) is 21.6. The Morgan fingerprint density at radius 1 is 1.00 bits per heavy atom. The summed E-state index contributed by atoms with van der Waals surface area (Å²) in [6.45, 7) is 8.30. The highest BCUT2D eigenvalue weighted by molar-refractivity contribution is 7.92. The van der Waals surface area contributed by atoms with Crippen molar-refractivity contribution in [3.63, 3.8) is 0 Å². The fourth-order valence-electron chi connectivity index (χ4n) is 3.57. The molecule has 0 unspecified atom stereocenters. The fraction of sp³-hybridized carbons (Fsp3) is 0.435. The summed E-state index contributed by atoms with van der Waals surface area (Å²) in [4.78, 5) is 12.5. The summed E-state index contributed by atoms with van der Waals surface area (Å²) >= 11 is 0. The molecule has 0 bridgehead atoms. The molecule has 0 fully saturated rings. The Bertz CT molecular complexity index is 926. The van der Waals surface area contributed by atoms with Gasteiger partial charge in [0.2, 0.25) is 15.9 Å². The van der Waals surface area contributed by atoms with Gasteiger partial charge >= 0.3 is 0 Å². The van der Waals surface area contributed by atoms with Crippen LogP contribution in [0.2, 0.25) is 0 Å². The summed E-state index contributed by atoms with van der Waals surface area (Å²) in [6.07, 6.45) is 3.60. The summed E-state index contributed by atoms with van der Waals surface area (Å²) in [5.41, 5.74) is 5.80. The smallest absolute Gasteiger partial charge is 0.232 e. The van der Waals surface area contributed by atoms with E-state index in [-0.39, 0.29) is 18.9 Å². The minimum atomic E-state index is -3.43. The first-order chi connectivity index (χ1) is 13.7. The van der Waals surface area contributed by atoms with Gasteiger partial charge in [-0.2, -0.15) is 0 Å². The molecule has 0 saturated carbocycles. The van der Waals surface area contributed by atoms with Crippen LogP contribution in [0.3, 0.4) is 0 Å². The van der Waals surface area contributed by atoms with E-state index in [0.717, 1.165) is 40.8 Å². The maximum Gasteiger partial charge on any atom is 0.232 e. The highest BCUT2D eigenvalue weighted by atomic mass is 32.2. The average molecular weight is 417 g/mol. The predicted octanol–water partition coefficient (Wildman–Crippen LogP) is 4.61. The van der Waals surface area contributed by atoms with Crippen LogP contribution in [0.1, 0.15) is 48.9 Å². The van der Waals surface area contributed by atoms with Gasteiger partial charge in [0.15, 0.2) is 0 Å². The number of hydrogen-bond acceptors (Lipinski definition) is 3. The molecule has 0 aliphatic heterocycles. The lowest BCUT2D eigenvalue weighted by molar-refractivity contribution is -0.116. The van der Waals surface area contributed by atoms with Crippen molar-refractivity contribution < 1.29 is 13.2 Å². The molecule has 158 valence electrons. The van der Waals surface area contributed by atoms with Crippen LogP contribution in [-0.2, 0) is 27.7 Å². The van der Waals surface area contributed by atoms with Gasteiger partial charge in [0.1, 0.15) is 0 Å². The number of amides is 1. The molecule has 0 spiro atoms. The van der Waals surface area contributed by atoms with Gasteiger partial charge in [-0.05, 0) is 67.5 Å². The standard InChI is InChI=1S/C23H32N2O3S/c1-6-19-10-8-11-20(7-2)23(19)24-22(26)12-9-13-25(29(5,27)28)21-15-17(3)14-18(4)16-21/h8,10-11,14-16H,6-7,9,12-13H2,1-5H3,(H,24,26). The molecule has 2 rings (SSSR count).